The molecule has 3 aromatic rings. The van der Waals surface area contributed by atoms with Crippen LogP contribution in [0.25, 0.3) is 0 Å². The third-order valence-electron chi connectivity index (χ3n) is 5.31. The number of amides is 3. The molecule has 8 heteroatoms. The summed E-state index contributed by atoms with van der Waals surface area (Å²) < 4.78 is 0.558. The van der Waals surface area contributed by atoms with Crippen molar-refractivity contribution in [1.29, 1.82) is 0 Å². The molecule has 0 bridgehead atoms. The van der Waals surface area contributed by atoms with Crippen LogP contribution < -0.4 is 5.32 Å². The maximum atomic E-state index is 13.0. The second-order valence-corrected chi connectivity index (χ2v) is 8.19. The second kappa shape index (κ2) is 8.39. The molecule has 32 heavy (non-hydrogen) atoms. The van der Waals surface area contributed by atoms with Gasteiger partial charge >= 0.3 is 5.97 Å². The van der Waals surface area contributed by atoms with Crippen LogP contribution in [0.3, 0.4) is 0 Å². The first-order valence-corrected chi connectivity index (χ1v) is 10.5. The zero-order chi connectivity index (χ0) is 23.0. The van der Waals surface area contributed by atoms with Crippen molar-refractivity contribution in [2.75, 3.05) is 5.32 Å². The first-order chi connectivity index (χ1) is 15.3. The predicted molar refractivity (Wildman–Crippen MR) is 121 cm³/mol. The van der Waals surface area contributed by atoms with E-state index >= 15 is 0 Å². The van der Waals surface area contributed by atoms with Gasteiger partial charge in [-0.1, -0.05) is 46.3 Å². The molecule has 0 aliphatic carbocycles. The van der Waals surface area contributed by atoms with Crippen LogP contribution in [-0.4, -0.2) is 33.7 Å². The van der Waals surface area contributed by atoms with Gasteiger partial charge in [-0.15, -0.1) is 0 Å². The predicted octanol–water partition coefficient (Wildman–Crippen LogP) is 4.76. The van der Waals surface area contributed by atoms with Crippen LogP contribution in [0, 0.1) is 0 Å². The number of carbonyl (C=O) groups excluding carboxylic acids is 3. The van der Waals surface area contributed by atoms with Gasteiger partial charge in [0.2, 0.25) is 0 Å². The Labute approximate surface area is 191 Å². The van der Waals surface area contributed by atoms with E-state index < -0.39 is 29.7 Å². The van der Waals surface area contributed by atoms with E-state index in [-0.39, 0.29) is 27.9 Å². The lowest BCUT2D eigenvalue weighted by atomic mass is 10.0. The Hall–Kier alpha value is -3.78. The van der Waals surface area contributed by atoms with Gasteiger partial charge < -0.3 is 10.4 Å². The fourth-order valence-corrected chi connectivity index (χ4v) is 3.99. The molecule has 1 aliphatic heterocycles. The molecule has 1 atom stereocenters. The smallest absolute Gasteiger partial charge is 0.337 e. The number of aromatic carboxylic acids is 1. The topological polar surface area (TPSA) is 104 Å². The van der Waals surface area contributed by atoms with E-state index in [9.17, 15) is 24.3 Å². The molecule has 160 valence electrons. The van der Waals surface area contributed by atoms with E-state index in [1.165, 1.54) is 35.2 Å². The Balaban J connectivity index is 1.62. The molecule has 0 fully saturated rings. The zero-order valence-corrected chi connectivity index (χ0v) is 18.4. The van der Waals surface area contributed by atoms with Gasteiger partial charge in [-0.25, -0.2) is 4.79 Å². The van der Waals surface area contributed by atoms with E-state index in [1.54, 1.807) is 13.0 Å². The summed E-state index contributed by atoms with van der Waals surface area (Å²) in [6.07, 6.45) is 0. The van der Waals surface area contributed by atoms with Crippen LogP contribution in [0.1, 0.15) is 60.0 Å². The van der Waals surface area contributed by atoms with Gasteiger partial charge in [-0.05, 0) is 48.9 Å². The average Bonchev–Trinajstić information content (AvgIpc) is 3.04. The minimum Gasteiger partial charge on any atom is -0.478 e. The highest BCUT2D eigenvalue weighted by Crippen LogP contribution is 2.32. The Bertz CT molecular complexity index is 1270. The van der Waals surface area contributed by atoms with Gasteiger partial charge in [0.05, 0.1) is 28.4 Å². The van der Waals surface area contributed by atoms with Gasteiger partial charge in [0.25, 0.3) is 17.7 Å². The van der Waals surface area contributed by atoms with Crippen molar-refractivity contribution in [1.82, 2.24) is 4.90 Å². The van der Waals surface area contributed by atoms with Gasteiger partial charge in [-0.2, -0.15) is 0 Å². The van der Waals surface area contributed by atoms with Crippen LogP contribution in [0.4, 0.5) is 5.69 Å². The van der Waals surface area contributed by atoms with E-state index in [2.05, 4.69) is 21.2 Å². The van der Waals surface area contributed by atoms with Crippen LogP contribution in [-0.2, 0) is 0 Å². The first kappa shape index (κ1) is 21.5. The Morgan fingerprint density at radius 3 is 2.31 bits per heavy atom. The van der Waals surface area contributed by atoms with E-state index in [4.69, 9.17) is 0 Å². The lowest BCUT2D eigenvalue weighted by molar-refractivity contribution is 0.0593. The monoisotopic (exact) mass is 492 g/mol. The molecule has 1 aliphatic rings. The number of hydrogen-bond donors (Lipinski definition) is 2. The molecule has 0 radical (unpaired) electrons. The number of nitrogens with zero attached hydrogens (tertiary/aromatic N) is 1. The van der Waals surface area contributed by atoms with Gasteiger partial charge in [0, 0.05) is 10.0 Å². The number of carbonyl (C=O) groups is 4. The summed E-state index contributed by atoms with van der Waals surface area (Å²) in [5, 5.41) is 11.9. The summed E-state index contributed by atoms with van der Waals surface area (Å²) in [5.74, 6) is -2.69. The zero-order valence-electron chi connectivity index (χ0n) is 16.8. The van der Waals surface area contributed by atoms with Crippen LogP contribution >= 0.6 is 15.9 Å². The number of benzene rings is 3. The minimum atomic E-state index is -1.19. The third-order valence-corrected chi connectivity index (χ3v) is 5.80. The van der Waals surface area contributed by atoms with Crippen molar-refractivity contribution in [2.24, 2.45) is 0 Å². The summed E-state index contributed by atoms with van der Waals surface area (Å²) >= 11 is 3.21. The maximum Gasteiger partial charge on any atom is 0.337 e. The number of imide groups is 1. The van der Waals surface area contributed by atoms with E-state index in [0.29, 0.717) is 4.47 Å². The van der Waals surface area contributed by atoms with Gasteiger partial charge in [0.1, 0.15) is 0 Å². The molecule has 3 aromatic carbocycles. The molecule has 0 unspecified atom stereocenters. The lowest BCUT2D eigenvalue weighted by Gasteiger charge is -2.22. The summed E-state index contributed by atoms with van der Waals surface area (Å²) in [4.78, 5) is 51.3. The number of rotatable bonds is 5. The van der Waals surface area contributed by atoms with Crippen molar-refractivity contribution in [3.05, 3.63) is 99.0 Å². The number of carboxylic acids is 1. The number of fused-ring (bicyclic) bond motifs is 1. The molecule has 0 aromatic heterocycles. The normalized spacial score (nSPS) is 13.6. The Kier molecular flexibility index (Phi) is 5.63. The lowest BCUT2D eigenvalue weighted by Crippen LogP contribution is -2.32. The fourth-order valence-electron chi connectivity index (χ4n) is 3.63. The van der Waals surface area contributed by atoms with E-state index in [0.717, 1.165) is 5.56 Å². The summed E-state index contributed by atoms with van der Waals surface area (Å²) in [7, 11) is 0. The van der Waals surface area contributed by atoms with Crippen LogP contribution in [0.15, 0.2) is 71.2 Å². The summed E-state index contributed by atoms with van der Waals surface area (Å²) in [5.41, 5.74) is 1.36. The molecule has 4 rings (SSSR count). The minimum absolute atomic E-state index is 0.0806. The van der Waals surface area contributed by atoms with Crippen molar-refractivity contribution < 1.29 is 24.3 Å². The molecular formula is C24H17BrN2O5. The van der Waals surface area contributed by atoms with Gasteiger partial charge in [-0.3, -0.25) is 19.3 Å². The Morgan fingerprint density at radius 1 is 0.938 bits per heavy atom. The molecule has 1 heterocycles. The molecule has 0 saturated carbocycles. The SMILES string of the molecule is C[C@@H](c1ccccc1)N1C(=O)c2ccc(C(=O)Nc3ccc(Br)cc3C(=O)O)cc2C1=O. The highest BCUT2D eigenvalue weighted by atomic mass is 79.9. The molecule has 3 amide bonds. The molecule has 7 nitrogen and oxygen atoms in total. The standard InChI is InChI=1S/C24H17BrN2O5/c1-13(14-5-3-2-4-6-14)27-22(29)17-9-7-15(11-18(17)23(27)30)21(28)26-20-10-8-16(25)12-19(20)24(31)32/h2-13H,1H3,(H,26,28)(H,31,32)/t13-/m0/s1. The van der Waals surface area contributed by atoms with Crippen molar-refractivity contribution in [3.63, 3.8) is 0 Å². The fraction of sp³-hybridized carbons (Fsp3) is 0.0833. The van der Waals surface area contributed by atoms with E-state index in [1.807, 2.05) is 30.3 Å². The van der Waals surface area contributed by atoms with Crippen molar-refractivity contribution in [2.45, 2.75) is 13.0 Å². The highest BCUT2D eigenvalue weighted by molar-refractivity contribution is 9.10. The molecular weight excluding hydrogens is 476 g/mol. The number of carboxylic acid groups (broad SMARTS) is 1. The van der Waals surface area contributed by atoms with Crippen LogP contribution in [0.5, 0.6) is 0 Å². The third kappa shape index (κ3) is 3.80. The molecule has 0 saturated heterocycles. The second-order valence-electron chi connectivity index (χ2n) is 7.28. The number of hydrogen-bond acceptors (Lipinski definition) is 4. The quantitative estimate of drug-likeness (QED) is 0.499. The average molecular weight is 493 g/mol. The largest absolute Gasteiger partial charge is 0.478 e. The summed E-state index contributed by atoms with van der Waals surface area (Å²) in [6, 6.07) is 17.4. The number of halogens is 1. The van der Waals surface area contributed by atoms with Crippen LogP contribution in [0.2, 0.25) is 0 Å². The van der Waals surface area contributed by atoms with Crippen molar-refractivity contribution in [3.8, 4) is 0 Å². The highest BCUT2D eigenvalue weighted by Gasteiger charge is 2.39. The summed E-state index contributed by atoms with van der Waals surface area (Å²) in [6.45, 7) is 1.77. The maximum absolute atomic E-state index is 13.0. The molecule has 0 spiro atoms. The Morgan fingerprint density at radius 2 is 1.62 bits per heavy atom. The first-order valence-electron chi connectivity index (χ1n) is 9.69. The van der Waals surface area contributed by atoms with Crippen molar-refractivity contribution >= 4 is 45.3 Å². The number of anilines is 1. The molecule has 2 N–H and O–H groups in total. The van der Waals surface area contributed by atoms with Gasteiger partial charge in [0.15, 0.2) is 0 Å². The number of nitrogens with one attached hydrogen (secondary N) is 1.